The van der Waals surface area contributed by atoms with Crippen LogP contribution in [0.4, 0.5) is 13.2 Å². The Morgan fingerprint density at radius 2 is 1.82 bits per heavy atom. The van der Waals surface area contributed by atoms with Gasteiger partial charge >= 0.3 is 6.18 Å². The molecule has 0 unspecified atom stereocenters. The third kappa shape index (κ3) is 5.73. The monoisotopic (exact) mass is 421 g/mol. The molecule has 1 heterocycles. The lowest BCUT2D eigenvalue weighted by molar-refractivity contribution is -0.137. The molecule has 7 heteroatoms. The van der Waals surface area contributed by atoms with Crippen LogP contribution in [0.25, 0.3) is 0 Å². The summed E-state index contributed by atoms with van der Waals surface area (Å²) in [7, 11) is 0. The van der Waals surface area contributed by atoms with Crippen LogP contribution < -0.4 is 5.32 Å². The summed E-state index contributed by atoms with van der Waals surface area (Å²) in [5, 5.41) is 2.67. The van der Waals surface area contributed by atoms with Gasteiger partial charge in [0.1, 0.15) is 0 Å². The van der Waals surface area contributed by atoms with Gasteiger partial charge in [0.2, 0.25) is 0 Å². The largest absolute Gasteiger partial charge is 0.416 e. The molecule has 2 aromatic carbocycles. The van der Waals surface area contributed by atoms with Gasteiger partial charge in [-0.15, -0.1) is 23.5 Å². The van der Waals surface area contributed by atoms with E-state index in [0.29, 0.717) is 10.1 Å². The Labute approximate surface area is 170 Å². The highest BCUT2D eigenvalue weighted by atomic mass is 32.2. The fraction of sp³-hybridized carbons (Fsp3) is 0.286. The van der Waals surface area contributed by atoms with Gasteiger partial charge < -0.3 is 5.32 Å². The van der Waals surface area contributed by atoms with Crippen LogP contribution >= 0.6 is 23.5 Å². The van der Waals surface area contributed by atoms with Crippen molar-refractivity contribution in [2.45, 2.75) is 17.2 Å². The Morgan fingerprint density at radius 1 is 1.11 bits per heavy atom. The van der Waals surface area contributed by atoms with E-state index in [9.17, 15) is 18.0 Å². The van der Waals surface area contributed by atoms with Crippen LogP contribution in [-0.2, 0) is 6.18 Å². The highest BCUT2D eigenvalue weighted by molar-refractivity contribution is 8.16. The van der Waals surface area contributed by atoms with Gasteiger partial charge in [-0.1, -0.05) is 30.0 Å². The second kappa shape index (κ2) is 9.44. The van der Waals surface area contributed by atoms with Gasteiger partial charge in [0.25, 0.3) is 5.91 Å². The summed E-state index contributed by atoms with van der Waals surface area (Å²) in [6.45, 7) is 0.0607. The molecule has 0 aliphatic carbocycles. The maximum absolute atomic E-state index is 12.7. The molecule has 1 aliphatic heterocycles. The minimum absolute atomic E-state index is 0.0607. The minimum Gasteiger partial charge on any atom is -0.341 e. The van der Waals surface area contributed by atoms with Crippen molar-refractivity contribution in [3.8, 4) is 11.8 Å². The molecule has 0 atom stereocenters. The molecular formula is C21H18F3NOS2. The standard InChI is InChI=1S/C21H18F3NOS2/c22-21(23,24)18-6-1-4-15(14-18)5-2-11-25-19(26)16-7-9-17(10-8-16)20-27-12-3-13-28-20/h1,4,6-10,14,20H,3,11-13H2,(H,25,26). The number of thioether (sulfide) groups is 2. The Bertz CT molecular complexity index is 879. The smallest absolute Gasteiger partial charge is 0.341 e. The predicted molar refractivity (Wildman–Crippen MR) is 109 cm³/mol. The predicted octanol–water partition coefficient (Wildman–Crippen LogP) is 5.36. The quantitative estimate of drug-likeness (QED) is 0.677. The van der Waals surface area contributed by atoms with Gasteiger partial charge in [-0.05, 0) is 53.8 Å². The number of benzene rings is 2. The Kier molecular flexibility index (Phi) is 6.97. The summed E-state index contributed by atoms with van der Waals surface area (Å²) in [6, 6.07) is 12.3. The van der Waals surface area contributed by atoms with Crippen LogP contribution in [0.3, 0.4) is 0 Å². The summed E-state index contributed by atoms with van der Waals surface area (Å²) in [6.07, 6.45) is -3.17. The van der Waals surface area contributed by atoms with Gasteiger partial charge in [-0.3, -0.25) is 4.79 Å². The number of amides is 1. The summed E-state index contributed by atoms with van der Waals surface area (Å²) >= 11 is 3.84. The van der Waals surface area contributed by atoms with Crippen molar-refractivity contribution < 1.29 is 18.0 Å². The number of hydrogen-bond donors (Lipinski definition) is 1. The molecule has 0 bridgehead atoms. The average molecular weight is 422 g/mol. The molecule has 1 saturated heterocycles. The van der Waals surface area contributed by atoms with E-state index >= 15 is 0 Å². The molecule has 1 N–H and O–H groups in total. The Balaban J connectivity index is 1.54. The van der Waals surface area contributed by atoms with Gasteiger partial charge in [0.15, 0.2) is 0 Å². The van der Waals surface area contributed by atoms with E-state index < -0.39 is 11.7 Å². The highest BCUT2D eigenvalue weighted by Crippen LogP contribution is 2.43. The van der Waals surface area contributed by atoms with Crippen molar-refractivity contribution in [2.75, 3.05) is 18.1 Å². The minimum atomic E-state index is -4.40. The van der Waals surface area contributed by atoms with Crippen LogP contribution in [-0.4, -0.2) is 24.0 Å². The van der Waals surface area contributed by atoms with Crippen molar-refractivity contribution in [2.24, 2.45) is 0 Å². The molecular weight excluding hydrogens is 403 g/mol. The number of halogens is 3. The first-order chi connectivity index (χ1) is 13.4. The second-order valence-electron chi connectivity index (χ2n) is 6.11. The Morgan fingerprint density at radius 3 is 2.50 bits per heavy atom. The number of nitrogens with one attached hydrogen (secondary N) is 1. The fourth-order valence-electron chi connectivity index (χ4n) is 2.62. The van der Waals surface area contributed by atoms with Crippen LogP contribution in [0, 0.1) is 11.8 Å². The van der Waals surface area contributed by atoms with Gasteiger partial charge in [0, 0.05) is 11.1 Å². The molecule has 2 nitrogen and oxygen atoms in total. The number of carbonyl (C=O) groups is 1. The molecule has 0 aromatic heterocycles. The van der Waals surface area contributed by atoms with Crippen LogP contribution in [0.2, 0.25) is 0 Å². The number of carbonyl (C=O) groups excluding carboxylic acids is 1. The second-order valence-corrected chi connectivity index (χ2v) is 8.84. The fourth-order valence-corrected chi connectivity index (χ4v) is 5.51. The molecule has 3 rings (SSSR count). The lowest BCUT2D eigenvalue weighted by Gasteiger charge is -2.21. The lowest BCUT2D eigenvalue weighted by Crippen LogP contribution is -2.23. The zero-order valence-electron chi connectivity index (χ0n) is 14.9. The van der Waals surface area contributed by atoms with E-state index in [2.05, 4.69) is 17.2 Å². The summed E-state index contributed by atoms with van der Waals surface area (Å²) in [4.78, 5) is 12.2. The molecule has 0 spiro atoms. The molecule has 0 radical (unpaired) electrons. The van der Waals surface area contributed by atoms with Crippen molar-refractivity contribution in [1.29, 1.82) is 0 Å². The first-order valence-electron chi connectivity index (χ1n) is 8.71. The molecule has 2 aromatic rings. The third-order valence-corrected chi connectivity index (χ3v) is 7.05. The van der Waals surface area contributed by atoms with E-state index in [1.54, 1.807) is 12.1 Å². The number of alkyl halides is 3. The van der Waals surface area contributed by atoms with Crippen LogP contribution in [0.1, 0.15) is 38.1 Å². The van der Waals surface area contributed by atoms with E-state index in [4.69, 9.17) is 0 Å². The molecule has 146 valence electrons. The van der Waals surface area contributed by atoms with Crippen molar-refractivity contribution in [3.05, 3.63) is 70.8 Å². The van der Waals surface area contributed by atoms with Gasteiger partial charge in [-0.2, -0.15) is 13.2 Å². The van der Waals surface area contributed by atoms with E-state index in [1.165, 1.54) is 24.1 Å². The first-order valence-corrected chi connectivity index (χ1v) is 10.8. The average Bonchev–Trinajstić information content (AvgIpc) is 2.71. The summed E-state index contributed by atoms with van der Waals surface area (Å²) in [5.41, 5.74) is 1.26. The maximum atomic E-state index is 12.7. The number of hydrogen-bond acceptors (Lipinski definition) is 3. The number of rotatable bonds is 3. The molecule has 1 aliphatic rings. The summed E-state index contributed by atoms with van der Waals surface area (Å²) in [5.74, 6) is 7.39. The Hall–Kier alpha value is -2.04. The third-order valence-electron chi connectivity index (χ3n) is 4.03. The summed E-state index contributed by atoms with van der Waals surface area (Å²) < 4.78 is 38.5. The van der Waals surface area contributed by atoms with Gasteiger partial charge in [0.05, 0.1) is 16.7 Å². The topological polar surface area (TPSA) is 29.1 Å². The van der Waals surface area contributed by atoms with Gasteiger partial charge in [-0.25, -0.2) is 0 Å². The maximum Gasteiger partial charge on any atom is 0.416 e. The van der Waals surface area contributed by atoms with Crippen molar-refractivity contribution in [3.63, 3.8) is 0 Å². The van der Waals surface area contributed by atoms with Crippen molar-refractivity contribution >= 4 is 29.4 Å². The molecule has 28 heavy (non-hydrogen) atoms. The lowest BCUT2D eigenvalue weighted by atomic mass is 10.1. The van der Waals surface area contributed by atoms with E-state index in [-0.39, 0.29) is 18.0 Å². The molecule has 0 saturated carbocycles. The molecule has 1 amide bonds. The normalized spacial score (nSPS) is 14.8. The van der Waals surface area contributed by atoms with Crippen molar-refractivity contribution in [1.82, 2.24) is 5.32 Å². The zero-order chi connectivity index (χ0) is 20.0. The SMILES string of the molecule is O=C(NCC#Cc1cccc(C(F)(F)F)c1)c1ccc(C2SCCCS2)cc1. The zero-order valence-corrected chi connectivity index (χ0v) is 16.5. The van der Waals surface area contributed by atoms with E-state index in [0.717, 1.165) is 23.6 Å². The molecule has 1 fully saturated rings. The highest BCUT2D eigenvalue weighted by Gasteiger charge is 2.30. The first kappa shape index (κ1) is 20.7. The van der Waals surface area contributed by atoms with Crippen LogP contribution in [0.15, 0.2) is 48.5 Å². The van der Waals surface area contributed by atoms with E-state index in [1.807, 2.05) is 35.7 Å². The van der Waals surface area contributed by atoms with Crippen LogP contribution in [0.5, 0.6) is 0 Å².